The average Bonchev–Trinajstić information content (AvgIpc) is 2.79. The minimum absolute atomic E-state index is 0. The maximum atomic E-state index is 12.9. The van der Waals surface area contributed by atoms with E-state index >= 15 is 0 Å². The molecule has 1 fully saturated rings. The van der Waals surface area contributed by atoms with Gasteiger partial charge in [-0.2, -0.15) is 18.3 Å². The van der Waals surface area contributed by atoms with Gasteiger partial charge in [0.15, 0.2) is 5.69 Å². The standard InChI is InChI=1S/C13H19F3N4O.ClH/c1-19(12(21)9-3-5-17-6-4-9)7-10-8-20(2)18-11(10)13(14,15)16;/h8-9,17H,3-7H2,1-2H3;1H. The zero-order valence-electron chi connectivity index (χ0n) is 12.5. The molecule has 1 aliphatic heterocycles. The Morgan fingerprint density at radius 2 is 2.05 bits per heavy atom. The summed E-state index contributed by atoms with van der Waals surface area (Å²) in [5, 5.41) is 6.61. The van der Waals surface area contributed by atoms with Gasteiger partial charge in [-0.15, -0.1) is 12.4 Å². The Morgan fingerprint density at radius 3 is 2.59 bits per heavy atom. The molecule has 1 N–H and O–H groups in total. The quantitative estimate of drug-likeness (QED) is 0.913. The lowest BCUT2D eigenvalue weighted by Crippen LogP contribution is -2.39. The Hall–Kier alpha value is -1.28. The maximum absolute atomic E-state index is 12.9. The molecule has 0 spiro atoms. The van der Waals surface area contributed by atoms with Crippen LogP contribution in [0.1, 0.15) is 24.1 Å². The van der Waals surface area contributed by atoms with Crippen LogP contribution in [0.25, 0.3) is 0 Å². The number of halogens is 4. The van der Waals surface area contributed by atoms with E-state index in [4.69, 9.17) is 0 Å². The maximum Gasteiger partial charge on any atom is 0.435 e. The smallest absolute Gasteiger partial charge is 0.341 e. The van der Waals surface area contributed by atoms with Crippen molar-refractivity contribution in [2.24, 2.45) is 13.0 Å². The van der Waals surface area contributed by atoms with Gasteiger partial charge in [-0.25, -0.2) is 0 Å². The molecule has 0 radical (unpaired) electrons. The van der Waals surface area contributed by atoms with Crippen molar-refractivity contribution in [3.8, 4) is 0 Å². The average molecular weight is 341 g/mol. The second-order valence-electron chi connectivity index (χ2n) is 5.39. The van der Waals surface area contributed by atoms with E-state index in [9.17, 15) is 18.0 Å². The highest BCUT2D eigenvalue weighted by Crippen LogP contribution is 2.31. The van der Waals surface area contributed by atoms with Crippen molar-refractivity contribution in [3.63, 3.8) is 0 Å². The Labute approximate surface area is 133 Å². The van der Waals surface area contributed by atoms with Gasteiger partial charge in [-0.05, 0) is 25.9 Å². The van der Waals surface area contributed by atoms with Gasteiger partial charge in [0.1, 0.15) is 0 Å². The fraction of sp³-hybridized carbons (Fsp3) is 0.692. The van der Waals surface area contributed by atoms with Crippen LogP contribution < -0.4 is 5.32 Å². The molecule has 9 heteroatoms. The minimum Gasteiger partial charge on any atom is -0.341 e. The number of hydrogen-bond acceptors (Lipinski definition) is 3. The van der Waals surface area contributed by atoms with E-state index in [1.165, 1.54) is 25.2 Å². The summed E-state index contributed by atoms with van der Waals surface area (Å²) in [7, 11) is 2.98. The van der Waals surface area contributed by atoms with Gasteiger partial charge >= 0.3 is 6.18 Å². The van der Waals surface area contributed by atoms with E-state index < -0.39 is 11.9 Å². The first kappa shape index (κ1) is 18.8. The number of alkyl halides is 3. The van der Waals surface area contributed by atoms with Crippen LogP contribution in [0.4, 0.5) is 13.2 Å². The molecule has 1 aromatic rings. The summed E-state index contributed by atoms with van der Waals surface area (Å²) >= 11 is 0. The van der Waals surface area contributed by atoms with Gasteiger partial charge in [-0.3, -0.25) is 9.48 Å². The summed E-state index contributed by atoms with van der Waals surface area (Å²) in [6.07, 6.45) is -1.74. The van der Waals surface area contributed by atoms with Crippen LogP contribution in [0.2, 0.25) is 0 Å². The van der Waals surface area contributed by atoms with E-state index in [1.54, 1.807) is 0 Å². The van der Waals surface area contributed by atoms with Gasteiger partial charge in [0.25, 0.3) is 0 Å². The summed E-state index contributed by atoms with van der Waals surface area (Å²) in [5.41, 5.74) is -0.898. The van der Waals surface area contributed by atoms with E-state index in [-0.39, 0.29) is 36.3 Å². The number of aromatic nitrogens is 2. The number of carbonyl (C=O) groups excluding carboxylic acids is 1. The number of nitrogens with zero attached hydrogens (tertiary/aromatic N) is 3. The summed E-state index contributed by atoms with van der Waals surface area (Å²) in [4.78, 5) is 13.6. The van der Waals surface area contributed by atoms with Gasteiger partial charge in [0.2, 0.25) is 5.91 Å². The second-order valence-corrected chi connectivity index (χ2v) is 5.39. The normalized spacial score (nSPS) is 16.2. The molecule has 5 nitrogen and oxygen atoms in total. The lowest BCUT2D eigenvalue weighted by atomic mass is 9.96. The number of hydrogen-bond donors (Lipinski definition) is 1. The molecule has 0 aromatic carbocycles. The zero-order valence-corrected chi connectivity index (χ0v) is 13.3. The van der Waals surface area contributed by atoms with Gasteiger partial charge in [-0.1, -0.05) is 0 Å². The molecule has 2 rings (SSSR count). The Balaban J connectivity index is 0.00000242. The molecule has 0 unspecified atom stereocenters. The number of nitrogens with one attached hydrogen (secondary N) is 1. The molecule has 1 aliphatic rings. The molecular weight excluding hydrogens is 321 g/mol. The third-order valence-electron chi connectivity index (χ3n) is 3.65. The Morgan fingerprint density at radius 1 is 1.45 bits per heavy atom. The van der Waals surface area contributed by atoms with Crippen LogP contribution in [0.3, 0.4) is 0 Å². The van der Waals surface area contributed by atoms with E-state index in [1.807, 2.05) is 0 Å². The lowest BCUT2D eigenvalue weighted by Gasteiger charge is -2.27. The largest absolute Gasteiger partial charge is 0.435 e. The van der Waals surface area contributed by atoms with Crippen LogP contribution in [-0.4, -0.2) is 40.7 Å². The molecule has 1 amide bonds. The van der Waals surface area contributed by atoms with Gasteiger partial charge in [0, 0.05) is 38.3 Å². The fourth-order valence-corrected chi connectivity index (χ4v) is 2.61. The number of rotatable bonds is 3. The molecule has 1 aromatic heterocycles. The third-order valence-corrected chi connectivity index (χ3v) is 3.65. The summed E-state index contributed by atoms with van der Waals surface area (Å²) < 4.78 is 39.8. The van der Waals surface area contributed by atoms with Crippen LogP contribution in [0.15, 0.2) is 6.20 Å². The van der Waals surface area contributed by atoms with Crippen LogP contribution in [-0.2, 0) is 24.6 Å². The van der Waals surface area contributed by atoms with Crippen LogP contribution in [0, 0.1) is 5.92 Å². The molecule has 126 valence electrons. The topological polar surface area (TPSA) is 50.2 Å². The number of aryl methyl sites for hydroxylation is 1. The number of piperidine rings is 1. The molecule has 0 atom stereocenters. The Bertz CT molecular complexity index is 512. The molecular formula is C13H20ClF3N4O. The molecule has 22 heavy (non-hydrogen) atoms. The molecule has 0 saturated carbocycles. The van der Waals surface area contributed by atoms with Crippen molar-refractivity contribution < 1.29 is 18.0 Å². The molecule has 0 bridgehead atoms. The fourth-order valence-electron chi connectivity index (χ4n) is 2.61. The summed E-state index contributed by atoms with van der Waals surface area (Å²) in [5.74, 6) is -0.212. The summed E-state index contributed by atoms with van der Waals surface area (Å²) in [6.45, 7) is 1.46. The van der Waals surface area contributed by atoms with Crippen molar-refractivity contribution in [1.82, 2.24) is 20.0 Å². The molecule has 1 saturated heterocycles. The first-order valence-corrected chi connectivity index (χ1v) is 6.84. The SMILES string of the molecule is CN(Cc1cn(C)nc1C(F)(F)F)C(=O)C1CCNCC1.Cl. The van der Waals surface area contributed by atoms with Crippen molar-refractivity contribution in [2.45, 2.75) is 25.6 Å². The molecule has 2 heterocycles. The van der Waals surface area contributed by atoms with Crippen molar-refractivity contribution in [2.75, 3.05) is 20.1 Å². The summed E-state index contributed by atoms with van der Waals surface area (Å²) in [6, 6.07) is 0. The van der Waals surface area contributed by atoms with Crippen LogP contribution >= 0.6 is 12.4 Å². The molecule has 0 aliphatic carbocycles. The highest BCUT2D eigenvalue weighted by Gasteiger charge is 2.37. The monoisotopic (exact) mass is 340 g/mol. The third kappa shape index (κ3) is 4.36. The van der Waals surface area contributed by atoms with Crippen molar-refractivity contribution >= 4 is 18.3 Å². The predicted octanol–water partition coefficient (Wildman–Crippen LogP) is 1.82. The minimum atomic E-state index is -4.50. The first-order chi connectivity index (χ1) is 9.79. The van der Waals surface area contributed by atoms with Crippen molar-refractivity contribution in [1.29, 1.82) is 0 Å². The highest BCUT2D eigenvalue weighted by molar-refractivity contribution is 5.85. The van der Waals surface area contributed by atoms with Gasteiger partial charge in [0.05, 0.1) is 0 Å². The van der Waals surface area contributed by atoms with Crippen molar-refractivity contribution in [3.05, 3.63) is 17.5 Å². The first-order valence-electron chi connectivity index (χ1n) is 6.84. The number of carbonyl (C=O) groups is 1. The number of amides is 1. The van der Waals surface area contributed by atoms with E-state index in [2.05, 4.69) is 10.4 Å². The predicted molar refractivity (Wildman–Crippen MR) is 77.5 cm³/mol. The zero-order chi connectivity index (χ0) is 15.6. The lowest BCUT2D eigenvalue weighted by molar-refractivity contribution is -0.143. The van der Waals surface area contributed by atoms with E-state index in [0.717, 1.165) is 30.6 Å². The highest BCUT2D eigenvalue weighted by atomic mass is 35.5. The van der Waals surface area contributed by atoms with Crippen LogP contribution in [0.5, 0.6) is 0 Å². The van der Waals surface area contributed by atoms with E-state index in [0.29, 0.717) is 0 Å². The second kappa shape index (κ2) is 7.32. The Kier molecular flexibility index (Phi) is 6.25. The van der Waals surface area contributed by atoms with Gasteiger partial charge < -0.3 is 10.2 Å².